The molecule has 1 N–H and O–H groups in total. The van der Waals surface area contributed by atoms with Gasteiger partial charge in [0.1, 0.15) is 16.5 Å². The van der Waals surface area contributed by atoms with Crippen molar-refractivity contribution in [2.45, 2.75) is 44.0 Å². The zero-order valence-electron chi connectivity index (χ0n) is 15.7. The van der Waals surface area contributed by atoms with Crippen LogP contribution in [0.4, 0.5) is 14.5 Å². The average molecular weight is 408 g/mol. The molecular formula is C20H22F2N2O3S. The molecule has 150 valence electrons. The number of benzene rings is 2. The molecule has 28 heavy (non-hydrogen) atoms. The van der Waals surface area contributed by atoms with E-state index >= 15 is 0 Å². The van der Waals surface area contributed by atoms with Crippen LogP contribution in [-0.4, -0.2) is 20.9 Å². The molecule has 0 bridgehead atoms. The van der Waals surface area contributed by atoms with Gasteiger partial charge in [-0.25, -0.2) is 21.9 Å². The first-order valence-corrected chi connectivity index (χ1v) is 10.6. The lowest BCUT2D eigenvalue weighted by molar-refractivity contribution is -0.118. The number of hydrogen-bond donors (Lipinski definition) is 1. The number of nitrogens with zero attached hydrogens (tertiary/aromatic N) is 1. The van der Waals surface area contributed by atoms with E-state index in [9.17, 15) is 22.0 Å². The zero-order valence-corrected chi connectivity index (χ0v) is 16.5. The van der Waals surface area contributed by atoms with Crippen LogP contribution in [0.5, 0.6) is 0 Å². The summed E-state index contributed by atoms with van der Waals surface area (Å²) >= 11 is 0. The normalized spacial score (nSPS) is 15.4. The number of sulfonamides is 1. The molecule has 0 fully saturated rings. The van der Waals surface area contributed by atoms with Crippen LogP contribution in [0.2, 0.25) is 0 Å². The van der Waals surface area contributed by atoms with E-state index in [1.165, 1.54) is 0 Å². The first-order valence-electron chi connectivity index (χ1n) is 9.13. The molecule has 0 saturated heterocycles. The van der Waals surface area contributed by atoms with Crippen molar-refractivity contribution in [3.63, 3.8) is 0 Å². The largest absolute Gasteiger partial charge is 0.312 e. The number of anilines is 1. The summed E-state index contributed by atoms with van der Waals surface area (Å²) in [5, 5.41) is 0. The fourth-order valence-corrected chi connectivity index (χ4v) is 4.67. The monoisotopic (exact) mass is 408 g/mol. The fraction of sp³-hybridized carbons (Fsp3) is 0.350. The SMILES string of the molecule is CCCN1C(=O)CCc2cc(C(C)NS(=O)(=O)c3ccc(F)cc3F)ccc21. The summed E-state index contributed by atoms with van der Waals surface area (Å²) in [4.78, 5) is 13.3. The molecular weight excluding hydrogens is 386 g/mol. The Balaban J connectivity index is 1.85. The minimum absolute atomic E-state index is 0.0858. The average Bonchev–Trinajstić information content (AvgIpc) is 2.63. The standard InChI is InChI=1S/C20H22F2N2O3S/c1-3-10-24-18-7-4-14(11-15(18)5-9-20(24)25)13(2)23-28(26,27)19-8-6-16(21)12-17(19)22/h4,6-8,11-13,23H,3,5,9-10H2,1-2H3. The number of rotatable bonds is 6. The van der Waals surface area contributed by atoms with E-state index in [2.05, 4.69) is 4.72 Å². The molecule has 1 heterocycles. The van der Waals surface area contributed by atoms with Crippen molar-refractivity contribution in [1.29, 1.82) is 0 Å². The van der Waals surface area contributed by atoms with Gasteiger partial charge < -0.3 is 4.90 Å². The molecule has 0 aliphatic carbocycles. The maximum atomic E-state index is 13.9. The van der Waals surface area contributed by atoms with E-state index in [0.29, 0.717) is 31.0 Å². The van der Waals surface area contributed by atoms with Crippen LogP contribution in [0.25, 0.3) is 0 Å². The molecule has 1 unspecified atom stereocenters. The van der Waals surface area contributed by atoms with Crippen molar-refractivity contribution < 1.29 is 22.0 Å². The van der Waals surface area contributed by atoms with E-state index in [4.69, 9.17) is 0 Å². The van der Waals surface area contributed by atoms with Gasteiger partial charge in [-0.05, 0) is 49.1 Å². The third-order valence-electron chi connectivity index (χ3n) is 4.77. The fourth-order valence-electron chi connectivity index (χ4n) is 3.38. The highest BCUT2D eigenvalue weighted by Crippen LogP contribution is 2.31. The molecule has 0 radical (unpaired) electrons. The summed E-state index contributed by atoms with van der Waals surface area (Å²) in [5.74, 6) is -1.90. The van der Waals surface area contributed by atoms with Crippen LogP contribution < -0.4 is 9.62 Å². The van der Waals surface area contributed by atoms with Crippen molar-refractivity contribution in [3.8, 4) is 0 Å². The lowest BCUT2D eigenvalue weighted by atomic mass is 9.96. The third kappa shape index (κ3) is 4.07. The second kappa shape index (κ2) is 7.97. The van der Waals surface area contributed by atoms with E-state index in [1.807, 2.05) is 19.1 Å². The van der Waals surface area contributed by atoms with Gasteiger partial charge in [0.2, 0.25) is 15.9 Å². The first-order chi connectivity index (χ1) is 13.2. The number of carbonyl (C=O) groups is 1. The number of halogens is 2. The minimum Gasteiger partial charge on any atom is -0.312 e. The molecule has 0 saturated carbocycles. The Labute approximate surface area is 163 Å². The summed E-state index contributed by atoms with van der Waals surface area (Å²) < 4.78 is 54.3. The van der Waals surface area contributed by atoms with Crippen molar-refractivity contribution in [3.05, 3.63) is 59.2 Å². The van der Waals surface area contributed by atoms with Crippen molar-refractivity contribution in [2.24, 2.45) is 0 Å². The number of aryl methyl sites for hydroxylation is 1. The van der Waals surface area contributed by atoms with Crippen LogP contribution in [0, 0.1) is 11.6 Å². The Bertz CT molecular complexity index is 1010. The number of fused-ring (bicyclic) bond motifs is 1. The van der Waals surface area contributed by atoms with Crippen LogP contribution in [0.1, 0.15) is 43.9 Å². The van der Waals surface area contributed by atoms with Gasteiger partial charge in [0.25, 0.3) is 0 Å². The topological polar surface area (TPSA) is 66.5 Å². The van der Waals surface area contributed by atoms with Crippen molar-refractivity contribution >= 4 is 21.6 Å². The van der Waals surface area contributed by atoms with Gasteiger partial charge in [-0.1, -0.05) is 19.1 Å². The second-order valence-electron chi connectivity index (χ2n) is 6.85. The van der Waals surface area contributed by atoms with E-state index in [-0.39, 0.29) is 5.91 Å². The first kappa shape index (κ1) is 20.4. The van der Waals surface area contributed by atoms with Crippen LogP contribution >= 0.6 is 0 Å². The lowest BCUT2D eigenvalue weighted by Gasteiger charge is -2.30. The zero-order chi connectivity index (χ0) is 20.5. The molecule has 1 atom stereocenters. The van der Waals surface area contributed by atoms with Crippen molar-refractivity contribution in [2.75, 3.05) is 11.4 Å². The smallest absolute Gasteiger partial charge is 0.244 e. The lowest BCUT2D eigenvalue weighted by Crippen LogP contribution is -2.35. The van der Waals surface area contributed by atoms with Gasteiger partial charge in [0.05, 0.1) is 0 Å². The Morgan fingerprint density at radius 1 is 1.14 bits per heavy atom. The van der Waals surface area contributed by atoms with E-state index in [0.717, 1.165) is 29.8 Å². The van der Waals surface area contributed by atoms with Gasteiger partial charge in [0, 0.05) is 30.8 Å². The molecule has 8 heteroatoms. The highest BCUT2D eigenvalue weighted by molar-refractivity contribution is 7.89. The minimum atomic E-state index is -4.16. The van der Waals surface area contributed by atoms with Crippen LogP contribution in [0.3, 0.4) is 0 Å². The molecule has 2 aromatic rings. The van der Waals surface area contributed by atoms with Crippen LogP contribution in [0.15, 0.2) is 41.3 Å². The van der Waals surface area contributed by atoms with E-state index in [1.54, 1.807) is 17.9 Å². The number of amides is 1. The quantitative estimate of drug-likeness (QED) is 0.793. The molecule has 5 nitrogen and oxygen atoms in total. The van der Waals surface area contributed by atoms with Gasteiger partial charge in [-0.3, -0.25) is 4.79 Å². The van der Waals surface area contributed by atoms with Gasteiger partial charge in [-0.15, -0.1) is 0 Å². The highest BCUT2D eigenvalue weighted by atomic mass is 32.2. The van der Waals surface area contributed by atoms with Crippen LogP contribution in [-0.2, 0) is 21.2 Å². The van der Waals surface area contributed by atoms with Gasteiger partial charge >= 0.3 is 0 Å². The summed E-state index contributed by atoms with van der Waals surface area (Å²) in [6.45, 7) is 4.29. The molecule has 1 aliphatic heterocycles. The maximum Gasteiger partial charge on any atom is 0.244 e. The van der Waals surface area contributed by atoms with Crippen molar-refractivity contribution in [1.82, 2.24) is 4.72 Å². The highest BCUT2D eigenvalue weighted by Gasteiger charge is 2.26. The molecule has 1 amide bonds. The summed E-state index contributed by atoms with van der Waals surface area (Å²) in [6, 6.07) is 7.17. The Morgan fingerprint density at radius 2 is 1.89 bits per heavy atom. The molecule has 1 aliphatic rings. The second-order valence-corrected chi connectivity index (χ2v) is 8.53. The predicted molar refractivity (Wildman–Crippen MR) is 103 cm³/mol. The molecule has 3 rings (SSSR count). The molecule has 0 spiro atoms. The summed E-state index contributed by atoms with van der Waals surface area (Å²) in [5.41, 5.74) is 2.53. The number of nitrogens with one attached hydrogen (secondary N) is 1. The molecule has 0 aromatic heterocycles. The Hall–Kier alpha value is -2.32. The summed E-state index contributed by atoms with van der Waals surface area (Å²) in [6.07, 6.45) is 1.85. The predicted octanol–water partition coefficient (Wildman–Crippen LogP) is 3.69. The van der Waals surface area contributed by atoms with Gasteiger partial charge in [-0.2, -0.15) is 0 Å². The number of carbonyl (C=O) groups excluding carboxylic acids is 1. The molecule has 2 aromatic carbocycles. The van der Waals surface area contributed by atoms with Gasteiger partial charge in [0.15, 0.2) is 0 Å². The third-order valence-corrected chi connectivity index (χ3v) is 6.34. The van der Waals surface area contributed by atoms with E-state index < -0.39 is 32.6 Å². The number of hydrogen-bond acceptors (Lipinski definition) is 3. The Morgan fingerprint density at radius 3 is 2.57 bits per heavy atom. The maximum absolute atomic E-state index is 13.9. The Kier molecular flexibility index (Phi) is 5.81. The summed E-state index contributed by atoms with van der Waals surface area (Å²) in [7, 11) is -4.16.